The third-order valence-corrected chi connectivity index (χ3v) is 6.27. The highest BCUT2D eigenvalue weighted by molar-refractivity contribution is 5.96. The minimum absolute atomic E-state index is 0.0499. The number of carbonyl (C=O) groups is 1. The number of benzene rings is 1. The van der Waals surface area contributed by atoms with Crippen molar-refractivity contribution in [3.8, 4) is 0 Å². The summed E-state index contributed by atoms with van der Waals surface area (Å²) >= 11 is 0. The molecule has 4 rings (SSSR count). The monoisotopic (exact) mass is 399 g/mol. The van der Waals surface area contributed by atoms with Crippen LogP contribution in [0.2, 0.25) is 0 Å². The van der Waals surface area contributed by atoms with E-state index >= 15 is 0 Å². The first kappa shape index (κ1) is 20.4. The fraction of sp³-hybridized carbons (Fsp3) is 0.652. The van der Waals surface area contributed by atoms with Crippen LogP contribution in [0.4, 0.5) is 0 Å². The molecule has 6 heteroatoms. The minimum Gasteiger partial charge on any atom is -0.440 e. The minimum atomic E-state index is 0.0499. The standard InChI is InChI=1S/C23H33N3O3/c1-25(11-5-6-12-26-13-15-28-16-14-26)23(27)19-9-10-20-21(17-19)29-22(24-20)18-7-3-2-4-8-18/h9-10,17-18H,2-8,11-16H2,1H3. The predicted octanol–water partition coefficient (Wildman–Crippen LogP) is 4.06. The van der Waals surface area contributed by atoms with Crippen molar-refractivity contribution in [1.29, 1.82) is 0 Å². The Labute approximate surface area is 173 Å². The molecular formula is C23H33N3O3. The Balaban J connectivity index is 1.31. The molecule has 1 aliphatic heterocycles. The number of hydrogen-bond acceptors (Lipinski definition) is 5. The van der Waals surface area contributed by atoms with Crippen molar-refractivity contribution in [2.45, 2.75) is 50.9 Å². The zero-order valence-corrected chi connectivity index (χ0v) is 17.6. The average Bonchev–Trinajstić information content (AvgIpc) is 3.21. The topological polar surface area (TPSA) is 58.8 Å². The van der Waals surface area contributed by atoms with Crippen LogP contribution in [0, 0.1) is 0 Å². The van der Waals surface area contributed by atoms with E-state index in [9.17, 15) is 4.79 Å². The molecule has 158 valence electrons. The Hall–Kier alpha value is -1.92. The molecule has 0 radical (unpaired) electrons. The van der Waals surface area contributed by atoms with Crippen LogP contribution in [0.1, 0.15) is 67.1 Å². The summed E-state index contributed by atoms with van der Waals surface area (Å²) in [6.45, 7) is 5.57. The molecule has 1 saturated heterocycles. The number of hydrogen-bond donors (Lipinski definition) is 0. The average molecular weight is 400 g/mol. The molecule has 1 aliphatic carbocycles. The molecule has 0 N–H and O–H groups in total. The summed E-state index contributed by atoms with van der Waals surface area (Å²) in [6.07, 6.45) is 8.25. The maximum atomic E-state index is 12.8. The van der Waals surface area contributed by atoms with Gasteiger partial charge in [0.15, 0.2) is 11.5 Å². The number of aromatic nitrogens is 1. The van der Waals surface area contributed by atoms with E-state index in [-0.39, 0.29) is 5.91 Å². The highest BCUT2D eigenvalue weighted by atomic mass is 16.5. The zero-order chi connectivity index (χ0) is 20.1. The van der Waals surface area contributed by atoms with Gasteiger partial charge in [0.05, 0.1) is 13.2 Å². The van der Waals surface area contributed by atoms with Gasteiger partial charge >= 0.3 is 0 Å². The maximum Gasteiger partial charge on any atom is 0.253 e. The van der Waals surface area contributed by atoms with E-state index in [1.165, 1.54) is 19.3 Å². The highest BCUT2D eigenvalue weighted by Gasteiger charge is 2.21. The van der Waals surface area contributed by atoms with Crippen molar-refractivity contribution >= 4 is 17.0 Å². The van der Waals surface area contributed by atoms with E-state index in [0.29, 0.717) is 11.5 Å². The van der Waals surface area contributed by atoms with Gasteiger partial charge in [0, 0.05) is 38.2 Å². The number of fused-ring (bicyclic) bond motifs is 1. The third kappa shape index (κ3) is 5.17. The molecule has 6 nitrogen and oxygen atoms in total. The molecule has 0 bridgehead atoms. The lowest BCUT2D eigenvalue weighted by Gasteiger charge is -2.26. The first-order chi connectivity index (χ1) is 14.2. The molecule has 0 atom stereocenters. The number of ether oxygens (including phenoxy) is 1. The molecule has 2 heterocycles. The Bertz CT molecular complexity index is 807. The Morgan fingerprint density at radius 3 is 2.76 bits per heavy atom. The van der Waals surface area contributed by atoms with Crippen molar-refractivity contribution < 1.29 is 13.9 Å². The highest BCUT2D eigenvalue weighted by Crippen LogP contribution is 2.33. The van der Waals surface area contributed by atoms with Crippen molar-refractivity contribution in [2.24, 2.45) is 0 Å². The molecule has 1 aromatic heterocycles. The molecule has 1 aromatic carbocycles. The zero-order valence-electron chi connectivity index (χ0n) is 17.6. The molecule has 1 amide bonds. The van der Waals surface area contributed by atoms with Gasteiger partial charge < -0.3 is 14.1 Å². The van der Waals surface area contributed by atoms with E-state index in [2.05, 4.69) is 9.88 Å². The lowest BCUT2D eigenvalue weighted by atomic mass is 9.89. The summed E-state index contributed by atoms with van der Waals surface area (Å²) in [4.78, 5) is 21.8. The van der Waals surface area contributed by atoms with Crippen molar-refractivity contribution in [2.75, 3.05) is 46.4 Å². The van der Waals surface area contributed by atoms with Crippen LogP contribution in [0.5, 0.6) is 0 Å². The Morgan fingerprint density at radius 2 is 1.97 bits per heavy atom. The van der Waals surface area contributed by atoms with Gasteiger partial charge in [-0.05, 0) is 50.4 Å². The number of carbonyl (C=O) groups excluding carboxylic acids is 1. The van der Waals surface area contributed by atoms with Gasteiger partial charge in [0.2, 0.25) is 0 Å². The Kier molecular flexibility index (Phi) is 6.82. The van der Waals surface area contributed by atoms with Gasteiger partial charge in [-0.3, -0.25) is 9.69 Å². The first-order valence-electron chi connectivity index (χ1n) is 11.2. The van der Waals surface area contributed by atoms with E-state index in [1.54, 1.807) is 0 Å². The van der Waals surface area contributed by atoms with Crippen LogP contribution in [0.15, 0.2) is 22.6 Å². The molecule has 29 heavy (non-hydrogen) atoms. The number of oxazole rings is 1. The molecule has 0 unspecified atom stereocenters. The lowest BCUT2D eigenvalue weighted by Crippen LogP contribution is -2.37. The first-order valence-corrected chi connectivity index (χ1v) is 11.2. The number of unbranched alkanes of at least 4 members (excludes halogenated alkanes) is 1. The second-order valence-electron chi connectivity index (χ2n) is 8.46. The predicted molar refractivity (Wildman–Crippen MR) is 113 cm³/mol. The van der Waals surface area contributed by atoms with Crippen LogP contribution < -0.4 is 0 Å². The van der Waals surface area contributed by atoms with E-state index in [0.717, 1.165) is 82.1 Å². The lowest BCUT2D eigenvalue weighted by molar-refractivity contribution is 0.0369. The quantitative estimate of drug-likeness (QED) is 0.657. The van der Waals surface area contributed by atoms with Gasteiger partial charge in [0.1, 0.15) is 5.52 Å². The summed E-state index contributed by atoms with van der Waals surface area (Å²) < 4.78 is 11.4. The summed E-state index contributed by atoms with van der Waals surface area (Å²) in [5.74, 6) is 1.33. The maximum absolute atomic E-state index is 12.8. The summed E-state index contributed by atoms with van der Waals surface area (Å²) in [7, 11) is 1.88. The molecule has 2 aromatic rings. The largest absolute Gasteiger partial charge is 0.440 e. The third-order valence-electron chi connectivity index (χ3n) is 6.27. The van der Waals surface area contributed by atoms with Crippen LogP contribution in [-0.4, -0.2) is 67.1 Å². The smallest absolute Gasteiger partial charge is 0.253 e. The van der Waals surface area contributed by atoms with Gasteiger partial charge in [-0.2, -0.15) is 0 Å². The van der Waals surface area contributed by atoms with Crippen molar-refractivity contribution in [3.63, 3.8) is 0 Å². The number of rotatable bonds is 7. The van der Waals surface area contributed by atoms with E-state index in [4.69, 9.17) is 9.15 Å². The van der Waals surface area contributed by atoms with E-state index < -0.39 is 0 Å². The fourth-order valence-electron chi connectivity index (χ4n) is 4.43. The normalized spacial score (nSPS) is 18.9. The summed E-state index contributed by atoms with van der Waals surface area (Å²) in [6, 6.07) is 5.66. The number of morpholine rings is 1. The fourth-order valence-corrected chi connectivity index (χ4v) is 4.43. The van der Waals surface area contributed by atoms with Crippen LogP contribution >= 0.6 is 0 Å². The molecular weight excluding hydrogens is 366 g/mol. The second-order valence-corrected chi connectivity index (χ2v) is 8.46. The van der Waals surface area contributed by atoms with Crippen LogP contribution in [0.3, 0.4) is 0 Å². The van der Waals surface area contributed by atoms with Gasteiger partial charge in [-0.1, -0.05) is 19.3 Å². The number of nitrogens with zero attached hydrogens (tertiary/aromatic N) is 3. The van der Waals surface area contributed by atoms with Crippen molar-refractivity contribution in [1.82, 2.24) is 14.8 Å². The molecule has 1 saturated carbocycles. The number of amides is 1. The second kappa shape index (κ2) is 9.72. The van der Waals surface area contributed by atoms with Gasteiger partial charge in [0.25, 0.3) is 5.91 Å². The van der Waals surface area contributed by atoms with Gasteiger partial charge in [-0.15, -0.1) is 0 Å². The molecule has 2 aliphatic rings. The van der Waals surface area contributed by atoms with Crippen LogP contribution in [-0.2, 0) is 4.74 Å². The molecule has 2 fully saturated rings. The molecule has 0 spiro atoms. The SMILES string of the molecule is CN(CCCCN1CCOCC1)C(=O)c1ccc2nc(C3CCCCC3)oc2c1. The Morgan fingerprint density at radius 1 is 1.17 bits per heavy atom. The van der Waals surface area contributed by atoms with Gasteiger partial charge in [-0.25, -0.2) is 4.98 Å². The van der Waals surface area contributed by atoms with E-state index in [1.807, 2.05) is 30.1 Å². The summed E-state index contributed by atoms with van der Waals surface area (Å²) in [5.41, 5.74) is 2.27. The van der Waals surface area contributed by atoms with Crippen LogP contribution in [0.25, 0.3) is 11.1 Å². The summed E-state index contributed by atoms with van der Waals surface area (Å²) in [5, 5.41) is 0. The van der Waals surface area contributed by atoms with Crippen molar-refractivity contribution in [3.05, 3.63) is 29.7 Å².